The molecule has 0 atom stereocenters. The van der Waals surface area contributed by atoms with Crippen molar-refractivity contribution >= 4 is 5.82 Å². The zero-order valence-electron chi connectivity index (χ0n) is 14.3. The normalized spacial score (nSPS) is 13.1. The Hall–Kier alpha value is -3.82. The summed E-state index contributed by atoms with van der Waals surface area (Å²) in [5.74, 6) is 0.681. The molecule has 1 aliphatic rings. The first kappa shape index (κ1) is 16.6. The van der Waals surface area contributed by atoms with Crippen molar-refractivity contribution in [3.05, 3.63) is 69.2 Å². The van der Waals surface area contributed by atoms with Gasteiger partial charge in [-0.05, 0) is 46.0 Å². The third-order valence-electron chi connectivity index (χ3n) is 4.11. The summed E-state index contributed by atoms with van der Waals surface area (Å²) in [6.45, 7) is 2.06. The lowest BCUT2D eigenvalue weighted by atomic mass is 10.2. The van der Waals surface area contributed by atoms with Crippen LogP contribution in [0.1, 0.15) is 11.1 Å². The summed E-state index contributed by atoms with van der Waals surface area (Å²) >= 11 is 0. The summed E-state index contributed by atoms with van der Waals surface area (Å²) < 4.78 is 10.6. The van der Waals surface area contributed by atoms with Crippen LogP contribution in [0.2, 0.25) is 0 Å². The highest BCUT2D eigenvalue weighted by Gasteiger charge is 2.24. The van der Waals surface area contributed by atoms with E-state index in [1.807, 2.05) is 19.1 Å². The lowest BCUT2D eigenvalue weighted by Gasteiger charge is -2.03. The van der Waals surface area contributed by atoms with Crippen molar-refractivity contribution in [1.29, 1.82) is 0 Å². The molecule has 1 N–H and O–H groups in total. The number of nitro groups is 1. The monoisotopic (exact) mass is 369 g/mol. The maximum atomic E-state index is 11.4. The largest absolute Gasteiger partial charge is 0.454 e. The molecule has 0 radical (unpaired) electrons. The summed E-state index contributed by atoms with van der Waals surface area (Å²) in [5, 5.41) is 25.7. The van der Waals surface area contributed by atoms with Crippen molar-refractivity contribution in [2.75, 3.05) is 6.79 Å². The maximum Gasteiger partial charge on any atom is 0.438 e. The Morgan fingerprint density at radius 3 is 2.81 bits per heavy atom. The van der Waals surface area contributed by atoms with Gasteiger partial charge in [0.05, 0.1) is 11.6 Å². The van der Waals surface area contributed by atoms with Crippen molar-refractivity contribution in [1.82, 2.24) is 14.7 Å². The molecule has 0 fully saturated rings. The van der Waals surface area contributed by atoms with Gasteiger partial charge in [0.2, 0.25) is 6.79 Å². The van der Waals surface area contributed by atoms with Gasteiger partial charge in [0.15, 0.2) is 11.5 Å². The molecule has 0 bridgehead atoms. The van der Waals surface area contributed by atoms with Gasteiger partial charge in [-0.2, -0.15) is 0 Å². The van der Waals surface area contributed by atoms with E-state index in [4.69, 9.17) is 9.47 Å². The van der Waals surface area contributed by atoms with E-state index in [0.717, 1.165) is 15.9 Å². The van der Waals surface area contributed by atoms with Gasteiger partial charge >= 0.3 is 5.82 Å². The molecule has 0 spiro atoms. The van der Waals surface area contributed by atoms with Crippen LogP contribution in [-0.2, 0) is 6.54 Å². The fourth-order valence-electron chi connectivity index (χ4n) is 2.76. The summed E-state index contributed by atoms with van der Waals surface area (Å²) in [6, 6.07) is 12.3. The Morgan fingerprint density at radius 1 is 1.26 bits per heavy atom. The molecule has 0 unspecified atom stereocenters. The maximum absolute atomic E-state index is 11.4. The standard InChI is InChI=1S/C17H15N5O5/c1-11-4-2-3-5-13(11)20-19-17(22(24)25)16(21(20)23)18-9-12-6-7-14-15(8-12)27-10-26-14/h2-8,23H,9-10H2,1H3. The SMILES string of the molecule is Cc1ccccc1-n1nc([N+](=O)[O-])c(=NCc2ccc3c(c2)OCO3)n1O. The van der Waals surface area contributed by atoms with E-state index >= 15 is 0 Å². The number of hydrogen-bond acceptors (Lipinski definition) is 7. The predicted molar refractivity (Wildman–Crippen MR) is 92.0 cm³/mol. The zero-order valence-corrected chi connectivity index (χ0v) is 14.3. The molecule has 10 heteroatoms. The number of hydrogen-bond donors (Lipinski definition) is 1. The lowest BCUT2D eigenvalue weighted by molar-refractivity contribution is -0.391. The van der Waals surface area contributed by atoms with Crippen LogP contribution in [0.3, 0.4) is 0 Å². The number of aromatic nitrogens is 3. The second-order valence-corrected chi connectivity index (χ2v) is 5.87. The number of aryl methyl sites for hydroxylation is 1. The molecule has 0 saturated carbocycles. The van der Waals surface area contributed by atoms with Crippen LogP contribution in [0.15, 0.2) is 47.5 Å². The number of fused-ring (bicyclic) bond motifs is 1. The number of benzene rings is 2. The van der Waals surface area contributed by atoms with Gasteiger partial charge in [0.25, 0.3) is 5.49 Å². The van der Waals surface area contributed by atoms with Gasteiger partial charge in [0, 0.05) is 0 Å². The van der Waals surface area contributed by atoms with Gasteiger partial charge in [-0.25, -0.2) is 0 Å². The minimum absolute atomic E-state index is 0.0947. The van der Waals surface area contributed by atoms with Gasteiger partial charge in [-0.3, -0.25) is 4.99 Å². The highest BCUT2D eigenvalue weighted by atomic mass is 16.7. The fraction of sp³-hybridized carbons (Fsp3) is 0.176. The van der Waals surface area contributed by atoms with Crippen molar-refractivity contribution in [2.24, 2.45) is 4.99 Å². The topological polar surface area (TPSA) is 117 Å². The number of rotatable bonds is 4. The second kappa shape index (κ2) is 6.48. The predicted octanol–water partition coefficient (Wildman–Crippen LogP) is 1.96. The van der Waals surface area contributed by atoms with E-state index in [1.54, 1.807) is 30.3 Å². The van der Waals surface area contributed by atoms with Gasteiger partial charge < -0.3 is 24.8 Å². The van der Waals surface area contributed by atoms with Crippen molar-refractivity contribution in [3.8, 4) is 17.2 Å². The summed E-state index contributed by atoms with van der Waals surface area (Å²) in [7, 11) is 0. The third-order valence-corrected chi connectivity index (χ3v) is 4.11. The molecule has 1 aliphatic heterocycles. The van der Waals surface area contributed by atoms with Crippen molar-refractivity contribution < 1.29 is 19.6 Å². The molecule has 0 saturated heterocycles. The molecular weight excluding hydrogens is 354 g/mol. The number of nitrogens with zero attached hydrogens (tertiary/aromatic N) is 5. The van der Waals surface area contributed by atoms with E-state index in [-0.39, 0.29) is 18.8 Å². The first-order valence-electron chi connectivity index (χ1n) is 8.05. The second-order valence-electron chi connectivity index (χ2n) is 5.87. The highest BCUT2D eigenvalue weighted by Crippen LogP contribution is 2.32. The molecule has 4 rings (SSSR count). The Labute approximate surface area is 152 Å². The first-order chi connectivity index (χ1) is 13.0. The van der Waals surface area contributed by atoms with Crippen LogP contribution < -0.4 is 15.0 Å². The quantitative estimate of drug-likeness (QED) is 0.427. The molecular formula is C17H15N5O5. The highest BCUT2D eigenvalue weighted by molar-refractivity contribution is 5.44. The summed E-state index contributed by atoms with van der Waals surface area (Å²) in [6.07, 6.45) is 0. The molecule has 1 aromatic heterocycles. The Morgan fingerprint density at radius 2 is 2.04 bits per heavy atom. The summed E-state index contributed by atoms with van der Waals surface area (Å²) in [4.78, 5) is 16.5. The van der Waals surface area contributed by atoms with E-state index in [2.05, 4.69) is 10.1 Å². The van der Waals surface area contributed by atoms with E-state index < -0.39 is 10.7 Å². The molecule has 138 valence electrons. The molecule has 2 heterocycles. The summed E-state index contributed by atoms with van der Waals surface area (Å²) in [5.41, 5.74) is 1.80. The lowest BCUT2D eigenvalue weighted by Crippen LogP contribution is -2.22. The number of para-hydroxylation sites is 1. The van der Waals surface area contributed by atoms with E-state index in [9.17, 15) is 15.3 Å². The minimum atomic E-state index is -0.681. The van der Waals surface area contributed by atoms with Crippen LogP contribution in [0.25, 0.3) is 5.69 Å². The first-order valence-corrected chi connectivity index (χ1v) is 8.05. The van der Waals surface area contributed by atoms with Gasteiger partial charge in [0.1, 0.15) is 5.69 Å². The smallest absolute Gasteiger partial charge is 0.438 e. The molecule has 27 heavy (non-hydrogen) atoms. The molecule has 10 nitrogen and oxygen atoms in total. The minimum Gasteiger partial charge on any atom is -0.454 e. The van der Waals surface area contributed by atoms with Crippen LogP contribution in [0.4, 0.5) is 5.82 Å². The zero-order chi connectivity index (χ0) is 19.0. The Balaban J connectivity index is 1.76. The number of ether oxygens (including phenoxy) is 2. The van der Waals surface area contributed by atoms with Gasteiger partial charge in [-0.15, -0.1) is 0 Å². The van der Waals surface area contributed by atoms with E-state index in [1.165, 1.54) is 0 Å². The average molecular weight is 369 g/mol. The Kier molecular flexibility index (Phi) is 3.99. The van der Waals surface area contributed by atoms with Crippen LogP contribution in [0, 0.1) is 17.0 Å². The average Bonchev–Trinajstić information content (AvgIpc) is 3.24. The van der Waals surface area contributed by atoms with Crippen molar-refractivity contribution in [2.45, 2.75) is 13.5 Å². The molecule has 0 amide bonds. The van der Waals surface area contributed by atoms with Crippen LogP contribution >= 0.6 is 0 Å². The molecule has 0 aliphatic carbocycles. The van der Waals surface area contributed by atoms with Crippen LogP contribution in [0.5, 0.6) is 11.5 Å². The van der Waals surface area contributed by atoms with E-state index in [0.29, 0.717) is 22.0 Å². The fourth-order valence-corrected chi connectivity index (χ4v) is 2.76. The molecule has 2 aromatic carbocycles. The third kappa shape index (κ3) is 2.97. The Bertz CT molecular complexity index is 1100. The van der Waals surface area contributed by atoms with Gasteiger partial charge in [-0.1, -0.05) is 29.1 Å². The molecule has 3 aromatic rings. The van der Waals surface area contributed by atoms with Crippen molar-refractivity contribution in [3.63, 3.8) is 0 Å². The van der Waals surface area contributed by atoms with Crippen LogP contribution in [-0.4, -0.2) is 31.7 Å².